The lowest BCUT2D eigenvalue weighted by Crippen LogP contribution is -2.12. The van der Waals surface area contributed by atoms with E-state index in [1.807, 2.05) is 0 Å². The number of primary sulfonamides is 1. The van der Waals surface area contributed by atoms with E-state index in [4.69, 9.17) is 21.5 Å². The van der Waals surface area contributed by atoms with E-state index in [1.54, 1.807) is 43.5 Å². The van der Waals surface area contributed by atoms with Crippen LogP contribution >= 0.6 is 11.6 Å². The zero-order valence-corrected chi connectivity index (χ0v) is 16.5. The number of benzene rings is 2. The zero-order valence-electron chi connectivity index (χ0n) is 14.9. The fourth-order valence-corrected chi connectivity index (χ4v) is 3.21. The first-order chi connectivity index (χ1) is 13.3. The summed E-state index contributed by atoms with van der Waals surface area (Å²) in [6.45, 7) is 0.370. The maximum atomic E-state index is 11.5. The number of aromatic nitrogens is 2. The third-order valence-electron chi connectivity index (χ3n) is 3.79. The first-order valence-electron chi connectivity index (χ1n) is 8.13. The quantitative estimate of drug-likeness (QED) is 0.538. The van der Waals surface area contributed by atoms with E-state index in [2.05, 4.69) is 20.6 Å². The van der Waals surface area contributed by atoms with Crippen LogP contribution in [0.4, 0.5) is 17.3 Å². The molecule has 10 heteroatoms. The molecule has 28 heavy (non-hydrogen) atoms. The summed E-state index contributed by atoms with van der Waals surface area (Å²) in [5.41, 5.74) is 1.51. The van der Waals surface area contributed by atoms with E-state index in [0.717, 1.165) is 11.3 Å². The Morgan fingerprint density at radius 3 is 2.64 bits per heavy atom. The Morgan fingerprint density at radius 1 is 1.11 bits per heavy atom. The van der Waals surface area contributed by atoms with Gasteiger partial charge in [-0.25, -0.2) is 23.5 Å². The summed E-state index contributed by atoms with van der Waals surface area (Å²) >= 11 is 6.03. The molecule has 1 heterocycles. The van der Waals surface area contributed by atoms with Gasteiger partial charge in [-0.05, 0) is 29.8 Å². The van der Waals surface area contributed by atoms with Crippen molar-refractivity contribution in [2.45, 2.75) is 11.4 Å². The Bertz CT molecular complexity index is 1090. The Morgan fingerprint density at radius 2 is 1.89 bits per heavy atom. The molecule has 0 fully saturated rings. The third-order valence-corrected chi connectivity index (χ3v) is 5.01. The van der Waals surface area contributed by atoms with Gasteiger partial charge < -0.3 is 15.4 Å². The summed E-state index contributed by atoms with van der Waals surface area (Å²) in [5, 5.41) is 11.9. The standard InChI is InChI=1S/C18H18ClN5O3S/c1-27-16-8-13(5-6-15(16)19)24-18-9-17(22-11-23-18)21-10-12-3-2-4-14(7-12)28(20,25)26/h2-9,11H,10H2,1H3,(H2,20,25,26)(H2,21,22,23,24). The summed E-state index contributed by atoms with van der Waals surface area (Å²) in [7, 11) is -2.20. The highest BCUT2D eigenvalue weighted by molar-refractivity contribution is 7.89. The van der Waals surface area contributed by atoms with Gasteiger partial charge in [0.2, 0.25) is 10.0 Å². The fraction of sp³-hybridized carbons (Fsp3) is 0.111. The minimum absolute atomic E-state index is 0.0635. The molecule has 0 aliphatic heterocycles. The summed E-state index contributed by atoms with van der Waals surface area (Å²) in [6, 6.07) is 13.4. The first kappa shape index (κ1) is 19.9. The molecule has 146 valence electrons. The summed E-state index contributed by atoms with van der Waals surface area (Å²) in [4.78, 5) is 8.41. The highest BCUT2D eigenvalue weighted by Gasteiger charge is 2.08. The minimum Gasteiger partial charge on any atom is -0.495 e. The van der Waals surface area contributed by atoms with E-state index in [0.29, 0.717) is 29.0 Å². The van der Waals surface area contributed by atoms with Crippen molar-refractivity contribution in [1.29, 1.82) is 0 Å². The van der Waals surface area contributed by atoms with E-state index in [1.165, 1.54) is 18.5 Å². The fourth-order valence-electron chi connectivity index (χ4n) is 2.43. The second kappa shape index (κ2) is 8.42. The normalized spacial score (nSPS) is 11.1. The molecule has 0 radical (unpaired) electrons. The predicted octanol–water partition coefficient (Wildman–Crippen LogP) is 3.14. The number of methoxy groups -OCH3 is 1. The first-order valence-corrected chi connectivity index (χ1v) is 10.1. The molecule has 8 nitrogen and oxygen atoms in total. The molecule has 0 spiro atoms. The number of ether oxygens (including phenoxy) is 1. The predicted molar refractivity (Wildman–Crippen MR) is 108 cm³/mol. The Labute approximate surface area is 167 Å². The van der Waals surface area contributed by atoms with E-state index in [-0.39, 0.29) is 4.90 Å². The highest BCUT2D eigenvalue weighted by Crippen LogP contribution is 2.28. The van der Waals surface area contributed by atoms with Crippen LogP contribution in [0.3, 0.4) is 0 Å². The van der Waals surface area contributed by atoms with Gasteiger partial charge in [-0.1, -0.05) is 23.7 Å². The third kappa shape index (κ3) is 5.10. The van der Waals surface area contributed by atoms with Crippen molar-refractivity contribution in [1.82, 2.24) is 9.97 Å². The molecule has 0 amide bonds. The van der Waals surface area contributed by atoms with Gasteiger partial charge in [-0.2, -0.15) is 0 Å². The van der Waals surface area contributed by atoms with Crippen LogP contribution in [0.2, 0.25) is 5.02 Å². The lowest BCUT2D eigenvalue weighted by atomic mass is 10.2. The van der Waals surface area contributed by atoms with E-state index in [9.17, 15) is 8.42 Å². The maximum Gasteiger partial charge on any atom is 0.238 e. The van der Waals surface area contributed by atoms with Crippen LogP contribution in [-0.4, -0.2) is 25.5 Å². The molecule has 0 unspecified atom stereocenters. The monoisotopic (exact) mass is 419 g/mol. The van der Waals surface area contributed by atoms with Gasteiger partial charge in [0.05, 0.1) is 17.0 Å². The van der Waals surface area contributed by atoms with Crippen LogP contribution < -0.4 is 20.5 Å². The molecule has 1 aromatic heterocycles. The molecule has 3 aromatic rings. The van der Waals surface area contributed by atoms with Crippen molar-refractivity contribution >= 4 is 38.9 Å². The molecule has 4 N–H and O–H groups in total. The van der Waals surface area contributed by atoms with Gasteiger partial charge in [0.1, 0.15) is 23.7 Å². The lowest BCUT2D eigenvalue weighted by molar-refractivity contribution is 0.415. The SMILES string of the molecule is COc1cc(Nc2cc(NCc3cccc(S(N)(=O)=O)c3)ncn2)ccc1Cl. The largest absolute Gasteiger partial charge is 0.495 e. The number of anilines is 3. The van der Waals surface area contributed by atoms with Gasteiger partial charge in [0.25, 0.3) is 0 Å². The number of hydrogen-bond acceptors (Lipinski definition) is 7. The lowest BCUT2D eigenvalue weighted by Gasteiger charge is -2.10. The number of rotatable bonds is 7. The van der Waals surface area contributed by atoms with Gasteiger partial charge in [-0.3, -0.25) is 0 Å². The molecule has 0 saturated heterocycles. The summed E-state index contributed by atoms with van der Waals surface area (Å²) in [6.07, 6.45) is 1.42. The average Bonchev–Trinajstić information content (AvgIpc) is 2.68. The average molecular weight is 420 g/mol. The number of halogens is 1. The number of nitrogens with one attached hydrogen (secondary N) is 2. The van der Waals surface area contributed by atoms with Crippen LogP contribution in [0.1, 0.15) is 5.56 Å². The number of nitrogens with two attached hydrogens (primary N) is 1. The molecule has 0 bridgehead atoms. The van der Waals surface area contributed by atoms with Crippen LogP contribution in [-0.2, 0) is 16.6 Å². The summed E-state index contributed by atoms with van der Waals surface area (Å²) in [5.74, 6) is 1.69. The Kier molecular flexibility index (Phi) is 5.98. The van der Waals surface area contributed by atoms with Crippen LogP contribution in [0.15, 0.2) is 59.8 Å². The van der Waals surface area contributed by atoms with Gasteiger partial charge in [-0.15, -0.1) is 0 Å². The van der Waals surface area contributed by atoms with Crippen molar-refractivity contribution in [2.24, 2.45) is 5.14 Å². The highest BCUT2D eigenvalue weighted by atomic mass is 35.5. The number of sulfonamides is 1. The second-order valence-electron chi connectivity index (χ2n) is 5.81. The van der Waals surface area contributed by atoms with Gasteiger partial charge in [0.15, 0.2) is 0 Å². The van der Waals surface area contributed by atoms with Crippen molar-refractivity contribution in [3.8, 4) is 5.75 Å². The Balaban J connectivity index is 1.70. The Hall–Kier alpha value is -2.88. The molecule has 0 aliphatic carbocycles. The molecule has 3 rings (SSSR count). The van der Waals surface area contributed by atoms with E-state index >= 15 is 0 Å². The van der Waals surface area contributed by atoms with Crippen molar-refractivity contribution in [3.05, 3.63) is 65.4 Å². The van der Waals surface area contributed by atoms with Crippen molar-refractivity contribution in [2.75, 3.05) is 17.7 Å². The zero-order chi connectivity index (χ0) is 20.1. The van der Waals surface area contributed by atoms with Gasteiger partial charge >= 0.3 is 0 Å². The minimum atomic E-state index is -3.74. The van der Waals surface area contributed by atoms with Crippen LogP contribution in [0.5, 0.6) is 5.75 Å². The summed E-state index contributed by atoms with van der Waals surface area (Å²) < 4.78 is 28.1. The molecule has 0 aliphatic rings. The van der Waals surface area contributed by atoms with Crippen molar-refractivity contribution in [3.63, 3.8) is 0 Å². The topological polar surface area (TPSA) is 119 Å². The van der Waals surface area contributed by atoms with Gasteiger partial charge in [0, 0.05) is 24.4 Å². The van der Waals surface area contributed by atoms with Crippen LogP contribution in [0, 0.1) is 0 Å². The molecular weight excluding hydrogens is 402 g/mol. The maximum absolute atomic E-state index is 11.5. The smallest absolute Gasteiger partial charge is 0.238 e. The molecular formula is C18H18ClN5O3S. The molecule has 2 aromatic carbocycles. The molecule has 0 saturated carbocycles. The number of hydrogen-bond donors (Lipinski definition) is 3. The number of nitrogens with zero attached hydrogens (tertiary/aromatic N) is 2. The second-order valence-corrected chi connectivity index (χ2v) is 7.78. The van der Waals surface area contributed by atoms with Crippen LogP contribution in [0.25, 0.3) is 0 Å². The van der Waals surface area contributed by atoms with E-state index < -0.39 is 10.0 Å². The molecule has 0 atom stereocenters. The van der Waals surface area contributed by atoms with Crippen molar-refractivity contribution < 1.29 is 13.2 Å².